The van der Waals surface area contributed by atoms with Crippen LogP contribution in [0, 0.1) is 11.3 Å². The van der Waals surface area contributed by atoms with Gasteiger partial charge in [0.1, 0.15) is 0 Å². The summed E-state index contributed by atoms with van der Waals surface area (Å²) >= 11 is 0. The summed E-state index contributed by atoms with van der Waals surface area (Å²) in [5, 5.41) is 3.64. The molecule has 0 bridgehead atoms. The lowest BCUT2D eigenvalue weighted by atomic mass is 9.62. The van der Waals surface area contributed by atoms with Crippen LogP contribution in [-0.2, 0) is 0 Å². The van der Waals surface area contributed by atoms with Crippen molar-refractivity contribution in [2.75, 3.05) is 26.2 Å². The van der Waals surface area contributed by atoms with Gasteiger partial charge in [-0.05, 0) is 76.0 Å². The van der Waals surface area contributed by atoms with E-state index in [1.165, 1.54) is 71.1 Å². The summed E-state index contributed by atoms with van der Waals surface area (Å²) in [6, 6.07) is 0.946. The Morgan fingerprint density at radius 3 is 3.12 bits per heavy atom. The number of fused-ring (bicyclic) bond motifs is 1. The van der Waals surface area contributed by atoms with Gasteiger partial charge in [0.05, 0.1) is 0 Å². The smallest absolute Gasteiger partial charge is 0.0101 e. The second-order valence-corrected chi connectivity index (χ2v) is 6.59. The van der Waals surface area contributed by atoms with Gasteiger partial charge in [0.15, 0.2) is 0 Å². The molecule has 3 unspecified atom stereocenters. The van der Waals surface area contributed by atoms with E-state index in [0.717, 1.165) is 12.0 Å². The molecule has 1 N–H and O–H groups in total. The first-order valence-electron chi connectivity index (χ1n) is 7.79. The van der Waals surface area contributed by atoms with Crippen LogP contribution in [0.2, 0.25) is 0 Å². The van der Waals surface area contributed by atoms with Crippen molar-refractivity contribution in [3.8, 4) is 0 Å². The monoisotopic (exact) mass is 236 g/mol. The Morgan fingerprint density at radius 1 is 1.29 bits per heavy atom. The van der Waals surface area contributed by atoms with Gasteiger partial charge in [0, 0.05) is 6.04 Å². The zero-order valence-corrected chi connectivity index (χ0v) is 11.4. The van der Waals surface area contributed by atoms with Crippen LogP contribution >= 0.6 is 0 Å². The highest BCUT2D eigenvalue weighted by atomic mass is 15.2. The minimum absolute atomic E-state index is 0.715. The number of hydrogen-bond donors (Lipinski definition) is 1. The minimum atomic E-state index is 0.715. The van der Waals surface area contributed by atoms with Gasteiger partial charge < -0.3 is 10.2 Å². The molecule has 3 rings (SSSR count). The SMILES string of the molecule is CCCC1CNCCC12CCN1CCCC1C2. The Labute approximate surface area is 106 Å². The number of rotatable bonds is 2. The highest BCUT2D eigenvalue weighted by Crippen LogP contribution is 2.48. The predicted octanol–water partition coefficient (Wildman–Crippen LogP) is 2.64. The van der Waals surface area contributed by atoms with Crippen LogP contribution in [0.15, 0.2) is 0 Å². The van der Waals surface area contributed by atoms with Gasteiger partial charge in [0.25, 0.3) is 0 Å². The molecule has 3 heterocycles. The molecule has 98 valence electrons. The van der Waals surface area contributed by atoms with Gasteiger partial charge in [-0.3, -0.25) is 0 Å². The molecule has 2 heteroatoms. The zero-order valence-electron chi connectivity index (χ0n) is 11.4. The lowest BCUT2D eigenvalue weighted by Crippen LogP contribution is -2.53. The Hall–Kier alpha value is -0.0800. The zero-order chi connectivity index (χ0) is 11.7. The van der Waals surface area contributed by atoms with E-state index in [2.05, 4.69) is 17.1 Å². The third kappa shape index (κ3) is 2.15. The van der Waals surface area contributed by atoms with E-state index in [-0.39, 0.29) is 0 Å². The molecular weight excluding hydrogens is 208 g/mol. The minimum Gasteiger partial charge on any atom is -0.316 e. The summed E-state index contributed by atoms with van der Waals surface area (Å²) in [6.07, 6.45) is 10.2. The van der Waals surface area contributed by atoms with Crippen molar-refractivity contribution in [2.24, 2.45) is 11.3 Å². The third-order valence-corrected chi connectivity index (χ3v) is 5.73. The predicted molar refractivity (Wildman–Crippen MR) is 72.1 cm³/mol. The van der Waals surface area contributed by atoms with E-state index in [0.29, 0.717) is 5.41 Å². The van der Waals surface area contributed by atoms with E-state index in [9.17, 15) is 0 Å². The first-order chi connectivity index (χ1) is 8.34. The van der Waals surface area contributed by atoms with Crippen molar-refractivity contribution in [2.45, 2.75) is 57.9 Å². The van der Waals surface area contributed by atoms with Gasteiger partial charge in [-0.2, -0.15) is 0 Å². The highest BCUT2D eigenvalue weighted by Gasteiger charge is 2.46. The van der Waals surface area contributed by atoms with E-state index in [1.54, 1.807) is 0 Å². The first kappa shape index (κ1) is 12.0. The Bertz CT molecular complexity index is 264. The van der Waals surface area contributed by atoms with Crippen LogP contribution in [0.1, 0.15) is 51.9 Å². The molecule has 17 heavy (non-hydrogen) atoms. The summed E-state index contributed by atoms with van der Waals surface area (Å²) in [7, 11) is 0. The lowest BCUT2D eigenvalue weighted by molar-refractivity contribution is -0.000332. The molecule has 0 aromatic heterocycles. The lowest BCUT2D eigenvalue weighted by Gasteiger charge is -2.51. The van der Waals surface area contributed by atoms with Gasteiger partial charge in [-0.25, -0.2) is 0 Å². The van der Waals surface area contributed by atoms with E-state index in [1.807, 2.05) is 0 Å². The molecule has 2 nitrogen and oxygen atoms in total. The van der Waals surface area contributed by atoms with Crippen LogP contribution < -0.4 is 5.32 Å². The van der Waals surface area contributed by atoms with Crippen molar-refractivity contribution in [3.63, 3.8) is 0 Å². The van der Waals surface area contributed by atoms with Gasteiger partial charge in [-0.1, -0.05) is 13.3 Å². The van der Waals surface area contributed by atoms with Crippen LogP contribution in [-0.4, -0.2) is 37.1 Å². The van der Waals surface area contributed by atoms with Gasteiger partial charge >= 0.3 is 0 Å². The normalized spacial score (nSPS) is 42.9. The fourth-order valence-corrected chi connectivity index (χ4v) is 4.75. The number of nitrogens with zero attached hydrogens (tertiary/aromatic N) is 1. The number of hydrogen-bond acceptors (Lipinski definition) is 2. The van der Waals surface area contributed by atoms with Crippen molar-refractivity contribution in [3.05, 3.63) is 0 Å². The van der Waals surface area contributed by atoms with Crippen LogP contribution in [0.3, 0.4) is 0 Å². The Kier molecular flexibility index (Phi) is 3.45. The van der Waals surface area contributed by atoms with Gasteiger partial charge in [-0.15, -0.1) is 0 Å². The molecule has 0 aliphatic carbocycles. The first-order valence-corrected chi connectivity index (χ1v) is 7.79. The Morgan fingerprint density at radius 2 is 2.24 bits per heavy atom. The summed E-state index contributed by atoms with van der Waals surface area (Å²) in [6.45, 7) is 7.70. The average Bonchev–Trinajstić information content (AvgIpc) is 2.80. The fraction of sp³-hybridized carbons (Fsp3) is 1.00. The summed E-state index contributed by atoms with van der Waals surface area (Å²) in [5.41, 5.74) is 0.715. The molecule has 0 radical (unpaired) electrons. The second kappa shape index (κ2) is 4.89. The van der Waals surface area contributed by atoms with Crippen molar-refractivity contribution < 1.29 is 0 Å². The van der Waals surface area contributed by atoms with Gasteiger partial charge in [0.2, 0.25) is 0 Å². The molecule has 0 aromatic carbocycles. The molecule has 0 saturated carbocycles. The second-order valence-electron chi connectivity index (χ2n) is 6.59. The average molecular weight is 236 g/mol. The van der Waals surface area contributed by atoms with Crippen LogP contribution in [0.25, 0.3) is 0 Å². The van der Waals surface area contributed by atoms with Crippen molar-refractivity contribution >= 4 is 0 Å². The van der Waals surface area contributed by atoms with E-state index >= 15 is 0 Å². The molecule has 1 spiro atoms. The summed E-state index contributed by atoms with van der Waals surface area (Å²) in [4.78, 5) is 2.77. The molecule has 0 amide bonds. The molecule has 3 fully saturated rings. The third-order valence-electron chi connectivity index (χ3n) is 5.73. The summed E-state index contributed by atoms with van der Waals surface area (Å²) in [5.74, 6) is 0.962. The van der Waals surface area contributed by atoms with Crippen LogP contribution in [0.4, 0.5) is 0 Å². The van der Waals surface area contributed by atoms with E-state index < -0.39 is 0 Å². The van der Waals surface area contributed by atoms with E-state index in [4.69, 9.17) is 0 Å². The molecule has 3 aliphatic rings. The molecule has 0 aromatic rings. The summed E-state index contributed by atoms with van der Waals surface area (Å²) < 4.78 is 0. The maximum absolute atomic E-state index is 3.64. The number of nitrogens with one attached hydrogen (secondary N) is 1. The maximum Gasteiger partial charge on any atom is 0.0101 e. The Balaban J connectivity index is 1.73. The maximum atomic E-state index is 3.64. The number of piperidine rings is 2. The van der Waals surface area contributed by atoms with Crippen LogP contribution in [0.5, 0.6) is 0 Å². The standard InChI is InChI=1S/C15H28N2/c1-2-4-13-12-16-8-6-15(13)7-10-17-9-3-5-14(17)11-15/h13-14,16H,2-12H2,1H3. The highest BCUT2D eigenvalue weighted by molar-refractivity contribution is 5.00. The molecule has 3 aliphatic heterocycles. The quantitative estimate of drug-likeness (QED) is 0.793. The van der Waals surface area contributed by atoms with Crippen molar-refractivity contribution in [1.82, 2.24) is 10.2 Å². The fourth-order valence-electron chi connectivity index (χ4n) is 4.75. The molecular formula is C15H28N2. The van der Waals surface area contributed by atoms with Crippen molar-refractivity contribution in [1.29, 1.82) is 0 Å². The molecule has 3 atom stereocenters. The molecule has 3 saturated heterocycles. The largest absolute Gasteiger partial charge is 0.316 e. The topological polar surface area (TPSA) is 15.3 Å².